The van der Waals surface area contributed by atoms with Gasteiger partial charge in [0.15, 0.2) is 0 Å². The number of nitrogens with zero attached hydrogens (tertiary/aromatic N) is 2. The highest BCUT2D eigenvalue weighted by molar-refractivity contribution is 6.30. The van der Waals surface area contributed by atoms with Gasteiger partial charge >= 0.3 is 0 Å². The summed E-state index contributed by atoms with van der Waals surface area (Å²) in [6.07, 6.45) is 2.17. The van der Waals surface area contributed by atoms with E-state index in [1.165, 1.54) is 0 Å². The number of amides is 1. The fourth-order valence-corrected chi connectivity index (χ4v) is 3.36. The molecule has 126 valence electrons. The van der Waals surface area contributed by atoms with Crippen molar-refractivity contribution < 1.29 is 9.53 Å². The van der Waals surface area contributed by atoms with Crippen LogP contribution in [0.2, 0.25) is 5.02 Å². The molecule has 1 N–H and O–H groups in total. The zero-order valence-electron chi connectivity index (χ0n) is 13.6. The minimum Gasteiger partial charge on any atom is -0.496 e. The summed E-state index contributed by atoms with van der Waals surface area (Å²) in [5.74, 6) is 1.32. The molecular formula is C19H16ClN3O2. The van der Waals surface area contributed by atoms with Gasteiger partial charge in [0.1, 0.15) is 11.6 Å². The highest BCUT2D eigenvalue weighted by Gasteiger charge is 2.31. The van der Waals surface area contributed by atoms with Gasteiger partial charge in [0.2, 0.25) is 5.91 Å². The number of halogens is 1. The van der Waals surface area contributed by atoms with Crippen LogP contribution in [0, 0.1) is 0 Å². The minimum absolute atomic E-state index is 0.0425. The van der Waals surface area contributed by atoms with E-state index in [-0.39, 0.29) is 11.8 Å². The predicted molar refractivity (Wildman–Crippen MR) is 96.7 cm³/mol. The normalized spacial score (nSPS) is 16.2. The van der Waals surface area contributed by atoms with Crippen LogP contribution in [0.5, 0.6) is 5.75 Å². The predicted octanol–water partition coefficient (Wildman–Crippen LogP) is 4.01. The summed E-state index contributed by atoms with van der Waals surface area (Å²) in [5, 5.41) is 8.08. The molecule has 0 unspecified atom stereocenters. The SMILES string of the molecule is COc1ccccc1[C@H]1CC(=O)Nc2c1cnn2-c1ccc(Cl)cc1. The molecule has 1 atom stereocenters. The van der Waals surface area contributed by atoms with Gasteiger partial charge in [-0.1, -0.05) is 29.8 Å². The van der Waals surface area contributed by atoms with Crippen LogP contribution in [-0.4, -0.2) is 22.8 Å². The second-order valence-electron chi connectivity index (χ2n) is 5.88. The van der Waals surface area contributed by atoms with Crippen molar-refractivity contribution in [3.63, 3.8) is 0 Å². The Morgan fingerprint density at radius 3 is 2.68 bits per heavy atom. The number of methoxy groups -OCH3 is 1. The number of carbonyl (C=O) groups excluding carboxylic acids is 1. The molecule has 5 nitrogen and oxygen atoms in total. The van der Waals surface area contributed by atoms with Gasteiger partial charge in [0.25, 0.3) is 0 Å². The van der Waals surface area contributed by atoms with Crippen LogP contribution in [0.25, 0.3) is 5.69 Å². The summed E-state index contributed by atoms with van der Waals surface area (Å²) in [4.78, 5) is 12.3. The molecule has 25 heavy (non-hydrogen) atoms. The van der Waals surface area contributed by atoms with Gasteiger partial charge < -0.3 is 10.1 Å². The second-order valence-corrected chi connectivity index (χ2v) is 6.32. The van der Waals surface area contributed by atoms with E-state index in [1.807, 2.05) is 36.4 Å². The maximum atomic E-state index is 12.3. The first kappa shape index (κ1) is 15.7. The van der Waals surface area contributed by atoms with E-state index in [1.54, 1.807) is 30.1 Å². The number of anilines is 1. The Kier molecular flexibility index (Phi) is 3.93. The van der Waals surface area contributed by atoms with Gasteiger partial charge in [-0.2, -0.15) is 5.10 Å². The summed E-state index contributed by atoms with van der Waals surface area (Å²) in [7, 11) is 1.64. The summed E-state index contributed by atoms with van der Waals surface area (Å²) < 4.78 is 7.21. The first-order valence-corrected chi connectivity index (χ1v) is 8.32. The topological polar surface area (TPSA) is 56.1 Å². The average molecular weight is 354 g/mol. The van der Waals surface area contributed by atoms with Crippen LogP contribution in [0.15, 0.2) is 54.7 Å². The smallest absolute Gasteiger partial charge is 0.226 e. The molecule has 0 saturated carbocycles. The third-order valence-electron chi connectivity index (χ3n) is 4.41. The lowest BCUT2D eigenvalue weighted by atomic mass is 9.87. The Hall–Kier alpha value is -2.79. The maximum absolute atomic E-state index is 12.3. The minimum atomic E-state index is -0.0963. The van der Waals surface area contributed by atoms with Crippen molar-refractivity contribution in [1.29, 1.82) is 0 Å². The van der Waals surface area contributed by atoms with Crippen molar-refractivity contribution in [2.75, 3.05) is 12.4 Å². The molecule has 2 heterocycles. The zero-order valence-corrected chi connectivity index (χ0v) is 14.3. The first-order chi connectivity index (χ1) is 12.2. The van der Waals surface area contributed by atoms with Crippen LogP contribution in [0.3, 0.4) is 0 Å². The Morgan fingerprint density at radius 2 is 1.92 bits per heavy atom. The van der Waals surface area contributed by atoms with Gasteiger partial charge in [0.05, 0.1) is 19.0 Å². The molecule has 2 aromatic carbocycles. The van der Waals surface area contributed by atoms with Crippen LogP contribution >= 0.6 is 11.6 Å². The number of benzene rings is 2. The standard InChI is InChI=1S/C19H16ClN3O2/c1-25-17-5-3-2-4-14(17)15-10-18(24)22-19-16(15)11-21-23(19)13-8-6-12(20)7-9-13/h2-9,11,15H,10H2,1H3,(H,22,24)/t15-/m1/s1. The van der Waals surface area contributed by atoms with E-state index in [9.17, 15) is 4.79 Å². The first-order valence-electron chi connectivity index (χ1n) is 7.94. The average Bonchev–Trinajstić information content (AvgIpc) is 3.05. The summed E-state index contributed by atoms with van der Waals surface area (Å²) in [6, 6.07) is 15.1. The molecule has 0 spiro atoms. The van der Waals surface area contributed by atoms with E-state index in [2.05, 4.69) is 10.4 Å². The summed E-state index contributed by atoms with van der Waals surface area (Å²) >= 11 is 5.96. The second kappa shape index (κ2) is 6.26. The largest absolute Gasteiger partial charge is 0.496 e. The zero-order chi connectivity index (χ0) is 17.4. The lowest BCUT2D eigenvalue weighted by Gasteiger charge is -2.25. The third-order valence-corrected chi connectivity index (χ3v) is 4.66. The Labute approximate surface area is 150 Å². The summed E-state index contributed by atoms with van der Waals surface area (Å²) in [6.45, 7) is 0. The molecule has 6 heteroatoms. The number of fused-ring (bicyclic) bond motifs is 1. The fourth-order valence-electron chi connectivity index (χ4n) is 3.23. The van der Waals surface area contributed by atoms with Crippen molar-refractivity contribution in [2.24, 2.45) is 0 Å². The number of carbonyl (C=O) groups is 1. The van der Waals surface area contributed by atoms with Gasteiger partial charge in [-0.15, -0.1) is 0 Å². The van der Waals surface area contributed by atoms with Gasteiger partial charge in [-0.25, -0.2) is 4.68 Å². The monoisotopic (exact) mass is 353 g/mol. The van der Waals surface area contributed by atoms with Crippen molar-refractivity contribution in [3.05, 3.63) is 70.9 Å². The van der Waals surface area contributed by atoms with Crippen LogP contribution in [0.4, 0.5) is 5.82 Å². The van der Waals surface area contributed by atoms with Crippen molar-refractivity contribution in [2.45, 2.75) is 12.3 Å². The Bertz CT molecular complexity index is 934. The molecule has 0 saturated heterocycles. The molecule has 1 aliphatic heterocycles. The number of hydrogen-bond donors (Lipinski definition) is 1. The molecule has 1 aliphatic rings. The molecule has 0 bridgehead atoms. The van der Waals surface area contributed by atoms with Gasteiger partial charge in [-0.3, -0.25) is 4.79 Å². The van der Waals surface area contributed by atoms with Crippen LogP contribution in [0.1, 0.15) is 23.5 Å². The summed E-state index contributed by atoms with van der Waals surface area (Å²) in [5.41, 5.74) is 2.79. The molecular weight excluding hydrogens is 338 g/mol. The number of nitrogens with one attached hydrogen (secondary N) is 1. The van der Waals surface area contributed by atoms with E-state index in [0.717, 1.165) is 22.6 Å². The lowest BCUT2D eigenvalue weighted by Crippen LogP contribution is -2.24. The highest BCUT2D eigenvalue weighted by atomic mass is 35.5. The molecule has 0 aliphatic carbocycles. The molecule has 1 amide bonds. The number of para-hydroxylation sites is 1. The number of hydrogen-bond acceptors (Lipinski definition) is 3. The molecule has 0 radical (unpaired) electrons. The molecule has 0 fully saturated rings. The van der Waals surface area contributed by atoms with E-state index in [0.29, 0.717) is 17.3 Å². The lowest BCUT2D eigenvalue weighted by molar-refractivity contribution is -0.116. The highest BCUT2D eigenvalue weighted by Crippen LogP contribution is 2.41. The molecule has 1 aromatic heterocycles. The van der Waals surface area contributed by atoms with E-state index < -0.39 is 0 Å². The molecule has 4 rings (SSSR count). The Morgan fingerprint density at radius 1 is 1.16 bits per heavy atom. The van der Waals surface area contributed by atoms with Crippen molar-refractivity contribution in [3.8, 4) is 11.4 Å². The number of aromatic nitrogens is 2. The number of ether oxygens (including phenoxy) is 1. The molecule has 3 aromatic rings. The van der Waals surface area contributed by atoms with Gasteiger partial charge in [0, 0.05) is 28.5 Å². The van der Waals surface area contributed by atoms with Crippen molar-refractivity contribution in [1.82, 2.24) is 9.78 Å². The quantitative estimate of drug-likeness (QED) is 0.774. The third kappa shape index (κ3) is 2.76. The Balaban J connectivity index is 1.83. The van der Waals surface area contributed by atoms with Crippen LogP contribution < -0.4 is 10.1 Å². The van der Waals surface area contributed by atoms with Crippen LogP contribution in [-0.2, 0) is 4.79 Å². The van der Waals surface area contributed by atoms with Crippen molar-refractivity contribution >= 4 is 23.3 Å². The fraction of sp³-hybridized carbons (Fsp3) is 0.158. The van der Waals surface area contributed by atoms with Gasteiger partial charge in [-0.05, 0) is 30.3 Å². The van der Waals surface area contributed by atoms with E-state index >= 15 is 0 Å². The maximum Gasteiger partial charge on any atom is 0.226 e. The van der Waals surface area contributed by atoms with E-state index in [4.69, 9.17) is 16.3 Å². The number of rotatable bonds is 3.